The molecule has 3 saturated heterocycles. The maximum absolute atomic E-state index is 13.1. The Labute approximate surface area is 176 Å². The Morgan fingerprint density at radius 3 is 2.70 bits per heavy atom. The van der Waals surface area contributed by atoms with Crippen molar-refractivity contribution in [2.24, 2.45) is 23.7 Å². The van der Waals surface area contributed by atoms with Crippen molar-refractivity contribution in [1.29, 1.82) is 0 Å². The molecule has 5 unspecified atom stereocenters. The second-order valence-electron chi connectivity index (χ2n) is 8.95. The third kappa shape index (κ3) is 2.80. The highest BCUT2D eigenvalue weighted by Gasteiger charge is 2.58. The molecule has 5 aliphatic rings. The SMILES string of the molecule is CC=C1C2C3C=CC(C3)C2C(=O)N1OC(=O)[C@@H]1CCC2CN1C(=O)N2OCCCC. The number of allylic oxidation sites excluding steroid dienone is 4. The summed E-state index contributed by atoms with van der Waals surface area (Å²) in [6.45, 7) is 4.89. The lowest BCUT2D eigenvalue weighted by Crippen LogP contribution is -2.47. The normalized spacial score (nSPS) is 37.7. The fourth-order valence-electron chi connectivity index (χ4n) is 5.87. The molecule has 0 spiro atoms. The van der Waals surface area contributed by atoms with Gasteiger partial charge >= 0.3 is 12.0 Å². The van der Waals surface area contributed by atoms with Crippen molar-refractivity contribution in [3.8, 4) is 0 Å². The highest BCUT2D eigenvalue weighted by Crippen LogP contribution is 2.56. The van der Waals surface area contributed by atoms with Gasteiger partial charge in [0.15, 0.2) is 0 Å². The van der Waals surface area contributed by atoms with Crippen LogP contribution in [0.5, 0.6) is 0 Å². The minimum absolute atomic E-state index is 0.0287. The first-order chi connectivity index (χ1) is 14.5. The predicted octanol–water partition coefficient (Wildman–Crippen LogP) is 2.63. The second kappa shape index (κ2) is 7.41. The van der Waals surface area contributed by atoms with E-state index in [0.717, 1.165) is 25.0 Å². The molecule has 0 aromatic rings. The van der Waals surface area contributed by atoms with Crippen molar-refractivity contribution < 1.29 is 24.1 Å². The van der Waals surface area contributed by atoms with Crippen LogP contribution in [0.1, 0.15) is 46.0 Å². The number of unbranched alkanes of at least 4 members (excludes halogenated alkanes) is 1. The molecule has 0 radical (unpaired) electrons. The molecular weight excluding hydrogens is 386 g/mol. The highest BCUT2D eigenvalue weighted by atomic mass is 16.7. The molecule has 0 N–H and O–H groups in total. The molecule has 2 aliphatic carbocycles. The van der Waals surface area contributed by atoms with Gasteiger partial charge in [0.05, 0.1) is 24.3 Å². The van der Waals surface area contributed by atoms with Crippen LogP contribution in [0.15, 0.2) is 23.9 Å². The number of hydrogen-bond acceptors (Lipinski definition) is 5. The molecule has 8 heteroatoms. The Hall–Kier alpha value is -2.35. The van der Waals surface area contributed by atoms with Crippen LogP contribution >= 0.6 is 0 Å². The summed E-state index contributed by atoms with van der Waals surface area (Å²) in [5.74, 6) is -0.143. The molecule has 6 atom stereocenters. The molecule has 0 aromatic heterocycles. The summed E-state index contributed by atoms with van der Waals surface area (Å²) in [6, 6.07) is -0.998. The zero-order valence-electron chi connectivity index (χ0n) is 17.5. The fraction of sp³-hybridized carbons (Fsp3) is 0.682. The maximum atomic E-state index is 13.1. The van der Waals surface area contributed by atoms with E-state index in [4.69, 9.17) is 9.68 Å². The Kier molecular flexibility index (Phi) is 4.84. The zero-order valence-corrected chi connectivity index (χ0v) is 17.5. The molecule has 4 bridgehead atoms. The summed E-state index contributed by atoms with van der Waals surface area (Å²) in [4.78, 5) is 51.8. The van der Waals surface area contributed by atoms with Gasteiger partial charge in [-0.05, 0) is 44.4 Å². The number of hydroxylamine groups is 4. The van der Waals surface area contributed by atoms with Crippen LogP contribution < -0.4 is 0 Å². The van der Waals surface area contributed by atoms with Gasteiger partial charge in [0.1, 0.15) is 6.04 Å². The minimum Gasteiger partial charge on any atom is -0.331 e. The lowest BCUT2D eigenvalue weighted by atomic mass is 9.84. The standard InChI is InChI=1S/C22H29N3O5/c1-3-5-10-29-24-15-8-9-17(23(12-15)22(24)28)21(27)30-25-16(4-2)18-13-6-7-14(11-13)19(18)20(25)26/h4,6-7,13-15,17-19H,3,5,8-12H2,1-2H3/t13?,14?,15?,17-,18?,19?/m0/s1. The van der Waals surface area contributed by atoms with Crippen LogP contribution in [0.3, 0.4) is 0 Å². The Morgan fingerprint density at radius 1 is 1.20 bits per heavy atom. The molecule has 3 aliphatic heterocycles. The molecule has 4 fully saturated rings. The van der Waals surface area contributed by atoms with E-state index in [2.05, 4.69) is 19.1 Å². The number of fused-ring (bicyclic) bond motifs is 7. The number of amides is 3. The van der Waals surface area contributed by atoms with Gasteiger partial charge in [0, 0.05) is 12.5 Å². The van der Waals surface area contributed by atoms with Gasteiger partial charge in [-0.1, -0.05) is 31.6 Å². The minimum atomic E-state index is -0.685. The fourth-order valence-corrected chi connectivity index (χ4v) is 5.87. The first-order valence-corrected chi connectivity index (χ1v) is 11.2. The summed E-state index contributed by atoms with van der Waals surface area (Å²) < 4.78 is 0. The third-order valence-electron chi connectivity index (χ3n) is 7.32. The van der Waals surface area contributed by atoms with Gasteiger partial charge in [-0.3, -0.25) is 9.63 Å². The molecule has 3 amide bonds. The van der Waals surface area contributed by atoms with Crippen LogP contribution in [0, 0.1) is 23.7 Å². The number of piperidine rings is 1. The van der Waals surface area contributed by atoms with Crippen molar-refractivity contribution in [3.63, 3.8) is 0 Å². The van der Waals surface area contributed by atoms with Crippen LogP contribution in [0.4, 0.5) is 4.79 Å². The summed E-state index contributed by atoms with van der Waals surface area (Å²) >= 11 is 0. The van der Waals surface area contributed by atoms with Crippen LogP contribution in [0.2, 0.25) is 0 Å². The summed E-state index contributed by atoms with van der Waals surface area (Å²) in [5.41, 5.74) is 0.779. The highest BCUT2D eigenvalue weighted by molar-refractivity contribution is 5.89. The van der Waals surface area contributed by atoms with Crippen LogP contribution in [-0.2, 0) is 19.3 Å². The monoisotopic (exact) mass is 415 g/mol. The molecule has 162 valence electrons. The quantitative estimate of drug-likeness (QED) is 0.492. The Bertz CT molecular complexity index is 824. The topological polar surface area (TPSA) is 79.4 Å². The van der Waals surface area contributed by atoms with E-state index < -0.39 is 12.0 Å². The van der Waals surface area contributed by atoms with E-state index in [1.54, 1.807) is 0 Å². The first kappa shape index (κ1) is 19.6. The van der Waals surface area contributed by atoms with Crippen LogP contribution in [-0.4, -0.2) is 58.2 Å². The van der Waals surface area contributed by atoms with Crippen molar-refractivity contribution >= 4 is 17.9 Å². The van der Waals surface area contributed by atoms with Gasteiger partial charge in [-0.15, -0.1) is 5.06 Å². The molecule has 8 nitrogen and oxygen atoms in total. The van der Waals surface area contributed by atoms with Gasteiger partial charge in [0.25, 0.3) is 5.91 Å². The number of carbonyl (C=O) groups excluding carboxylic acids is 3. The van der Waals surface area contributed by atoms with Crippen molar-refractivity contribution in [1.82, 2.24) is 15.0 Å². The van der Waals surface area contributed by atoms with Gasteiger partial charge < -0.3 is 9.74 Å². The first-order valence-electron chi connectivity index (χ1n) is 11.2. The Morgan fingerprint density at radius 2 is 1.97 bits per heavy atom. The van der Waals surface area contributed by atoms with E-state index in [-0.39, 0.29) is 35.7 Å². The van der Waals surface area contributed by atoms with E-state index in [0.29, 0.717) is 31.9 Å². The zero-order chi connectivity index (χ0) is 21.0. The van der Waals surface area contributed by atoms with E-state index in [9.17, 15) is 14.4 Å². The third-order valence-corrected chi connectivity index (χ3v) is 7.32. The number of hydrogen-bond donors (Lipinski definition) is 0. The van der Waals surface area contributed by atoms with Gasteiger partial charge in [-0.25, -0.2) is 9.59 Å². The maximum Gasteiger partial charge on any atom is 0.355 e. The molecule has 1 saturated carbocycles. The smallest absolute Gasteiger partial charge is 0.331 e. The lowest BCUT2D eigenvalue weighted by molar-refractivity contribution is -0.193. The average Bonchev–Trinajstić information content (AvgIpc) is 3.48. The Balaban J connectivity index is 1.27. The predicted molar refractivity (Wildman–Crippen MR) is 106 cm³/mol. The van der Waals surface area contributed by atoms with E-state index >= 15 is 0 Å². The van der Waals surface area contributed by atoms with E-state index in [1.807, 2.05) is 13.0 Å². The summed E-state index contributed by atoms with van der Waals surface area (Å²) in [6.07, 6.45) is 10.2. The number of nitrogens with zero attached hydrogens (tertiary/aromatic N) is 3. The summed E-state index contributed by atoms with van der Waals surface area (Å²) in [5, 5.41) is 2.64. The molecule has 3 heterocycles. The van der Waals surface area contributed by atoms with Crippen LogP contribution in [0.25, 0.3) is 0 Å². The number of rotatable bonds is 6. The van der Waals surface area contributed by atoms with Gasteiger partial charge in [-0.2, -0.15) is 5.06 Å². The lowest BCUT2D eigenvalue weighted by Gasteiger charge is -2.30. The van der Waals surface area contributed by atoms with Crippen molar-refractivity contribution in [2.75, 3.05) is 13.2 Å². The molecule has 30 heavy (non-hydrogen) atoms. The van der Waals surface area contributed by atoms with E-state index in [1.165, 1.54) is 15.0 Å². The number of urea groups is 1. The molecule has 5 rings (SSSR count). The summed E-state index contributed by atoms with van der Waals surface area (Å²) in [7, 11) is 0. The number of carbonyl (C=O) groups is 3. The largest absolute Gasteiger partial charge is 0.355 e. The second-order valence-corrected chi connectivity index (χ2v) is 8.95. The van der Waals surface area contributed by atoms with Crippen molar-refractivity contribution in [3.05, 3.63) is 23.9 Å². The molecule has 0 aromatic carbocycles. The van der Waals surface area contributed by atoms with Crippen molar-refractivity contribution in [2.45, 2.75) is 58.0 Å². The van der Waals surface area contributed by atoms with Gasteiger partial charge in [0.2, 0.25) is 0 Å². The molecular formula is C22H29N3O5. The average molecular weight is 415 g/mol.